The molecule has 0 spiro atoms. The second-order valence-corrected chi connectivity index (χ2v) is 5.17. The molecule has 0 saturated heterocycles. The van der Waals surface area contributed by atoms with E-state index in [4.69, 9.17) is 8.83 Å². The first-order valence-corrected chi connectivity index (χ1v) is 7.01. The molecule has 0 N–H and O–H groups in total. The SMILES string of the molecule is Cc1cccc(-c2nnc(SCc3nnc(C)o3)o2)c1. The van der Waals surface area contributed by atoms with Crippen molar-refractivity contribution < 1.29 is 8.83 Å². The summed E-state index contributed by atoms with van der Waals surface area (Å²) >= 11 is 1.37. The van der Waals surface area contributed by atoms with E-state index in [1.807, 2.05) is 31.2 Å². The molecule has 1 aromatic carbocycles. The van der Waals surface area contributed by atoms with Gasteiger partial charge in [0, 0.05) is 12.5 Å². The van der Waals surface area contributed by atoms with Gasteiger partial charge < -0.3 is 8.83 Å². The number of aromatic nitrogens is 4. The quantitative estimate of drug-likeness (QED) is 0.683. The average Bonchev–Trinajstić information content (AvgIpc) is 3.05. The maximum absolute atomic E-state index is 5.60. The highest BCUT2D eigenvalue weighted by molar-refractivity contribution is 7.98. The fourth-order valence-corrected chi connectivity index (χ4v) is 2.28. The van der Waals surface area contributed by atoms with Gasteiger partial charge >= 0.3 is 0 Å². The van der Waals surface area contributed by atoms with Crippen molar-refractivity contribution in [2.45, 2.75) is 24.8 Å². The molecular weight excluding hydrogens is 276 g/mol. The topological polar surface area (TPSA) is 77.8 Å². The number of aryl methyl sites for hydroxylation is 2. The summed E-state index contributed by atoms with van der Waals surface area (Å²) in [6.07, 6.45) is 0. The zero-order chi connectivity index (χ0) is 13.9. The fraction of sp³-hybridized carbons (Fsp3) is 0.231. The molecule has 6 nitrogen and oxygen atoms in total. The van der Waals surface area contributed by atoms with E-state index in [0.29, 0.717) is 28.6 Å². The van der Waals surface area contributed by atoms with Crippen molar-refractivity contribution in [3.8, 4) is 11.5 Å². The van der Waals surface area contributed by atoms with Crippen LogP contribution in [0.3, 0.4) is 0 Å². The zero-order valence-electron chi connectivity index (χ0n) is 11.0. The van der Waals surface area contributed by atoms with Gasteiger partial charge in [-0.15, -0.1) is 20.4 Å². The molecule has 102 valence electrons. The number of hydrogen-bond acceptors (Lipinski definition) is 7. The summed E-state index contributed by atoms with van der Waals surface area (Å²) in [5, 5.41) is 16.2. The van der Waals surface area contributed by atoms with Gasteiger partial charge in [-0.3, -0.25) is 0 Å². The van der Waals surface area contributed by atoms with E-state index < -0.39 is 0 Å². The molecular formula is C13H12N4O2S. The van der Waals surface area contributed by atoms with Gasteiger partial charge in [0.15, 0.2) is 0 Å². The van der Waals surface area contributed by atoms with E-state index in [0.717, 1.165) is 11.1 Å². The molecule has 0 bridgehead atoms. The lowest BCUT2D eigenvalue weighted by molar-refractivity contribution is 0.462. The molecule has 2 heterocycles. The third-order valence-electron chi connectivity index (χ3n) is 2.56. The van der Waals surface area contributed by atoms with E-state index >= 15 is 0 Å². The number of benzene rings is 1. The van der Waals surface area contributed by atoms with Gasteiger partial charge in [0.1, 0.15) is 0 Å². The van der Waals surface area contributed by atoms with Gasteiger partial charge in [-0.25, -0.2) is 0 Å². The maximum Gasteiger partial charge on any atom is 0.277 e. The van der Waals surface area contributed by atoms with Gasteiger partial charge in [0.05, 0.1) is 5.75 Å². The lowest BCUT2D eigenvalue weighted by Crippen LogP contribution is -1.80. The smallest absolute Gasteiger partial charge is 0.277 e. The summed E-state index contributed by atoms with van der Waals surface area (Å²) in [6.45, 7) is 3.77. The summed E-state index contributed by atoms with van der Waals surface area (Å²) < 4.78 is 10.9. The van der Waals surface area contributed by atoms with Gasteiger partial charge in [0.2, 0.25) is 17.7 Å². The van der Waals surface area contributed by atoms with Crippen LogP contribution in [0.2, 0.25) is 0 Å². The van der Waals surface area contributed by atoms with E-state index in [9.17, 15) is 0 Å². The van der Waals surface area contributed by atoms with Gasteiger partial charge in [-0.2, -0.15) is 0 Å². The minimum atomic E-state index is 0.484. The lowest BCUT2D eigenvalue weighted by Gasteiger charge is -1.95. The third kappa shape index (κ3) is 2.88. The van der Waals surface area contributed by atoms with Crippen LogP contribution in [0.1, 0.15) is 17.3 Å². The van der Waals surface area contributed by atoms with Crippen LogP contribution in [-0.4, -0.2) is 20.4 Å². The molecule has 0 saturated carbocycles. The molecule has 0 amide bonds. The summed E-state index contributed by atoms with van der Waals surface area (Å²) in [5.41, 5.74) is 2.06. The van der Waals surface area contributed by atoms with Crippen LogP contribution in [0.15, 0.2) is 38.3 Å². The predicted octanol–water partition coefficient (Wildman–Crippen LogP) is 3.03. The van der Waals surface area contributed by atoms with Gasteiger partial charge in [-0.1, -0.05) is 29.5 Å². The van der Waals surface area contributed by atoms with Crippen molar-refractivity contribution in [1.82, 2.24) is 20.4 Å². The second kappa shape index (κ2) is 5.46. The predicted molar refractivity (Wildman–Crippen MR) is 73.1 cm³/mol. The summed E-state index contributed by atoms with van der Waals surface area (Å²) in [6, 6.07) is 7.93. The summed E-state index contributed by atoms with van der Waals surface area (Å²) in [5.74, 6) is 2.11. The van der Waals surface area contributed by atoms with Crippen molar-refractivity contribution in [3.05, 3.63) is 41.6 Å². The normalized spacial score (nSPS) is 10.9. The van der Waals surface area contributed by atoms with Crippen LogP contribution in [0.4, 0.5) is 0 Å². The average molecular weight is 288 g/mol. The standard InChI is InChI=1S/C13H12N4O2S/c1-8-4-3-5-10(6-8)12-16-17-13(19-12)20-7-11-15-14-9(2)18-11/h3-6H,7H2,1-2H3. The molecule has 0 aliphatic rings. The number of rotatable bonds is 4. The first-order chi connectivity index (χ1) is 9.70. The Morgan fingerprint density at radius 2 is 1.95 bits per heavy atom. The molecule has 0 radical (unpaired) electrons. The molecule has 2 aromatic heterocycles. The first-order valence-electron chi connectivity index (χ1n) is 6.03. The van der Waals surface area contributed by atoms with Crippen molar-refractivity contribution >= 4 is 11.8 Å². The van der Waals surface area contributed by atoms with Crippen molar-refractivity contribution in [3.63, 3.8) is 0 Å². The highest BCUT2D eigenvalue weighted by Crippen LogP contribution is 2.25. The Balaban J connectivity index is 1.70. The van der Waals surface area contributed by atoms with Crippen LogP contribution in [0.5, 0.6) is 0 Å². The number of hydrogen-bond donors (Lipinski definition) is 0. The van der Waals surface area contributed by atoms with E-state index in [1.165, 1.54) is 11.8 Å². The van der Waals surface area contributed by atoms with Crippen LogP contribution in [0.25, 0.3) is 11.5 Å². The molecule has 7 heteroatoms. The number of thioether (sulfide) groups is 1. The van der Waals surface area contributed by atoms with Crippen LogP contribution >= 0.6 is 11.8 Å². The molecule has 0 aliphatic heterocycles. The Kier molecular flexibility index (Phi) is 3.51. The lowest BCUT2D eigenvalue weighted by atomic mass is 10.1. The Hall–Kier alpha value is -2.15. The first kappa shape index (κ1) is 12.9. The molecule has 0 unspecified atom stereocenters. The van der Waals surface area contributed by atoms with E-state index in [1.54, 1.807) is 6.92 Å². The van der Waals surface area contributed by atoms with E-state index in [2.05, 4.69) is 20.4 Å². The second-order valence-electron chi connectivity index (χ2n) is 4.25. The Bertz CT molecular complexity index is 722. The summed E-state index contributed by atoms with van der Waals surface area (Å²) in [4.78, 5) is 0. The third-order valence-corrected chi connectivity index (χ3v) is 3.36. The monoisotopic (exact) mass is 288 g/mol. The largest absolute Gasteiger partial charge is 0.425 e. The highest BCUT2D eigenvalue weighted by atomic mass is 32.2. The molecule has 20 heavy (non-hydrogen) atoms. The van der Waals surface area contributed by atoms with Crippen LogP contribution < -0.4 is 0 Å². The minimum absolute atomic E-state index is 0.484. The Morgan fingerprint density at radius 3 is 2.70 bits per heavy atom. The molecule has 3 aromatic rings. The van der Waals surface area contributed by atoms with Crippen molar-refractivity contribution in [2.75, 3.05) is 0 Å². The van der Waals surface area contributed by atoms with Gasteiger partial charge in [0.25, 0.3) is 5.22 Å². The molecule has 0 fully saturated rings. The maximum atomic E-state index is 5.60. The van der Waals surface area contributed by atoms with Gasteiger partial charge in [-0.05, 0) is 19.1 Å². The molecule has 3 rings (SSSR count). The Labute approximate surface area is 119 Å². The zero-order valence-corrected chi connectivity index (χ0v) is 11.8. The van der Waals surface area contributed by atoms with Crippen LogP contribution in [-0.2, 0) is 5.75 Å². The number of nitrogens with zero attached hydrogens (tertiary/aromatic N) is 4. The van der Waals surface area contributed by atoms with Crippen LogP contribution in [0, 0.1) is 13.8 Å². The Morgan fingerprint density at radius 1 is 1.05 bits per heavy atom. The molecule has 0 aliphatic carbocycles. The fourth-order valence-electron chi connectivity index (χ4n) is 1.68. The molecule has 0 atom stereocenters. The highest BCUT2D eigenvalue weighted by Gasteiger charge is 2.11. The van der Waals surface area contributed by atoms with Crippen molar-refractivity contribution in [2.24, 2.45) is 0 Å². The van der Waals surface area contributed by atoms with Crippen molar-refractivity contribution in [1.29, 1.82) is 0 Å². The minimum Gasteiger partial charge on any atom is -0.425 e. The summed E-state index contributed by atoms with van der Waals surface area (Å²) in [7, 11) is 0. The van der Waals surface area contributed by atoms with E-state index in [-0.39, 0.29) is 0 Å².